The SMILES string of the molecule is CC(=O)NC(CN)CCO. The quantitative estimate of drug-likeness (QED) is 0.468. The van der Waals surface area contributed by atoms with Gasteiger partial charge in [0.1, 0.15) is 0 Å². The molecule has 1 amide bonds. The average molecular weight is 146 g/mol. The molecule has 0 bridgehead atoms. The molecule has 0 rings (SSSR count). The molecular weight excluding hydrogens is 132 g/mol. The lowest BCUT2D eigenvalue weighted by atomic mass is 10.2. The molecule has 0 aliphatic rings. The lowest BCUT2D eigenvalue weighted by molar-refractivity contribution is -0.119. The van der Waals surface area contributed by atoms with Crippen LogP contribution in [0.25, 0.3) is 0 Å². The van der Waals surface area contributed by atoms with Crippen molar-refractivity contribution in [2.75, 3.05) is 13.2 Å². The van der Waals surface area contributed by atoms with Crippen LogP contribution in [0.3, 0.4) is 0 Å². The Morgan fingerprint density at radius 1 is 1.80 bits per heavy atom. The summed E-state index contributed by atoms with van der Waals surface area (Å²) < 4.78 is 0. The number of hydrogen-bond donors (Lipinski definition) is 3. The van der Waals surface area contributed by atoms with E-state index in [1.807, 2.05) is 0 Å². The van der Waals surface area contributed by atoms with Crippen LogP contribution in [0.5, 0.6) is 0 Å². The molecule has 0 aliphatic heterocycles. The van der Waals surface area contributed by atoms with Crippen molar-refractivity contribution in [2.24, 2.45) is 5.73 Å². The summed E-state index contributed by atoms with van der Waals surface area (Å²) in [4.78, 5) is 10.4. The highest BCUT2D eigenvalue weighted by atomic mass is 16.3. The van der Waals surface area contributed by atoms with Crippen LogP contribution in [0.1, 0.15) is 13.3 Å². The van der Waals surface area contributed by atoms with Gasteiger partial charge in [-0.3, -0.25) is 4.79 Å². The molecule has 4 nitrogen and oxygen atoms in total. The summed E-state index contributed by atoms with van der Waals surface area (Å²) in [6.07, 6.45) is 0.524. The molecule has 0 aromatic carbocycles. The normalized spacial score (nSPS) is 12.7. The molecule has 0 heterocycles. The fourth-order valence-electron chi connectivity index (χ4n) is 0.692. The van der Waals surface area contributed by atoms with E-state index >= 15 is 0 Å². The van der Waals surface area contributed by atoms with Gasteiger partial charge in [-0.05, 0) is 6.42 Å². The van der Waals surface area contributed by atoms with Crippen LogP contribution >= 0.6 is 0 Å². The van der Waals surface area contributed by atoms with Gasteiger partial charge in [0.25, 0.3) is 0 Å². The highest BCUT2D eigenvalue weighted by Gasteiger charge is 2.05. The van der Waals surface area contributed by atoms with Crippen LogP contribution in [0, 0.1) is 0 Å². The van der Waals surface area contributed by atoms with E-state index < -0.39 is 0 Å². The van der Waals surface area contributed by atoms with E-state index in [0.29, 0.717) is 13.0 Å². The first-order valence-corrected chi connectivity index (χ1v) is 3.28. The van der Waals surface area contributed by atoms with Gasteiger partial charge in [-0.1, -0.05) is 0 Å². The van der Waals surface area contributed by atoms with E-state index in [-0.39, 0.29) is 18.6 Å². The fourth-order valence-corrected chi connectivity index (χ4v) is 0.692. The largest absolute Gasteiger partial charge is 0.396 e. The summed E-state index contributed by atoms with van der Waals surface area (Å²) in [6.45, 7) is 1.86. The number of aliphatic hydroxyl groups excluding tert-OH is 1. The standard InChI is InChI=1S/C6H14N2O2/c1-5(10)8-6(4-7)2-3-9/h6,9H,2-4,7H2,1H3,(H,8,10). The van der Waals surface area contributed by atoms with Crippen molar-refractivity contribution < 1.29 is 9.90 Å². The first kappa shape index (κ1) is 9.39. The van der Waals surface area contributed by atoms with Crippen LogP contribution in [0.15, 0.2) is 0 Å². The van der Waals surface area contributed by atoms with Crippen LogP contribution in [0.4, 0.5) is 0 Å². The molecule has 0 aromatic rings. The van der Waals surface area contributed by atoms with Crippen molar-refractivity contribution in [3.05, 3.63) is 0 Å². The zero-order valence-electron chi connectivity index (χ0n) is 6.13. The summed E-state index contributed by atoms with van der Waals surface area (Å²) in [6, 6.07) is -0.0810. The third kappa shape index (κ3) is 4.29. The predicted molar refractivity (Wildman–Crippen MR) is 38.4 cm³/mol. The second-order valence-electron chi connectivity index (χ2n) is 2.15. The molecule has 0 aromatic heterocycles. The minimum absolute atomic E-state index is 0.0577. The molecular formula is C6H14N2O2. The van der Waals surface area contributed by atoms with Crippen LogP contribution < -0.4 is 11.1 Å². The molecule has 0 saturated heterocycles. The Hall–Kier alpha value is -0.610. The van der Waals surface area contributed by atoms with Crippen molar-refractivity contribution >= 4 is 5.91 Å². The van der Waals surface area contributed by atoms with Crippen molar-refractivity contribution in [1.29, 1.82) is 0 Å². The molecule has 0 spiro atoms. The Kier molecular flexibility index (Phi) is 4.88. The zero-order valence-corrected chi connectivity index (χ0v) is 6.13. The van der Waals surface area contributed by atoms with Gasteiger partial charge < -0.3 is 16.2 Å². The Balaban J connectivity index is 3.49. The molecule has 60 valence electrons. The first-order valence-electron chi connectivity index (χ1n) is 3.28. The molecule has 1 atom stereocenters. The monoisotopic (exact) mass is 146 g/mol. The summed E-state index contributed by atoms with van der Waals surface area (Å²) in [7, 11) is 0. The van der Waals surface area contributed by atoms with Gasteiger partial charge in [-0.25, -0.2) is 0 Å². The topological polar surface area (TPSA) is 75.4 Å². The van der Waals surface area contributed by atoms with E-state index in [0.717, 1.165) is 0 Å². The zero-order chi connectivity index (χ0) is 7.98. The van der Waals surface area contributed by atoms with Gasteiger partial charge in [0.15, 0.2) is 0 Å². The van der Waals surface area contributed by atoms with Gasteiger partial charge >= 0.3 is 0 Å². The maximum absolute atomic E-state index is 10.4. The Morgan fingerprint density at radius 2 is 2.40 bits per heavy atom. The van der Waals surface area contributed by atoms with Gasteiger partial charge in [0.2, 0.25) is 5.91 Å². The van der Waals surface area contributed by atoms with Gasteiger partial charge in [0, 0.05) is 26.1 Å². The maximum atomic E-state index is 10.4. The minimum Gasteiger partial charge on any atom is -0.396 e. The second kappa shape index (κ2) is 5.20. The smallest absolute Gasteiger partial charge is 0.217 e. The van der Waals surface area contributed by atoms with Crippen LogP contribution in [-0.2, 0) is 4.79 Å². The summed E-state index contributed by atoms with van der Waals surface area (Å²) in [5.74, 6) is -0.107. The summed E-state index contributed by atoms with van der Waals surface area (Å²) in [5, 5.41) is 11.1. The van der Waals surface area contributed by atoms with Gasteiger partial charge in [-0.15, -0.1) is 0 Å². The van der Waals surface area contributed by atoms with Gasteiger partial charge in [-0.2, -0.15) is 0 Å². The molecule has 1 unspecified atom stereocenters. The number of aliphatic hydroxyl groups is 1. The Bertz CT molecular complexity index is 106. The molecule has 0 fully saturated rings. The van der Waals surface area contributed by atoms with Crippen molar-refractivity contribution in [3.8, 4) is 0 Å². The molecule has 0 radical (unpaired) electrons. The Morgan fingerprint density at radius 3 is 2.70 bits per heavy atom. The molecule has 0 saturated carbocycles. The Labute approximate surface area is 60.4 Å². The number of nitrogens with two attached hydrogens (primary N) is 1. The molecule has 4 N–H and O–H groups in total. The van der Waals surface area contributed by atoms with Crippen LogP contribution in [-0.4, -0.2) is 30.2 Å². The lowest BCUT2D eigenvalue weighted by Crippen LogP contribution is -2.39. The third-order valence-electron chi connectivity index (χ3n) is 1.17. The number of amides is 1. The van der Waals surface area contributed by atoms with E-state index in [1.165, 1.54) is 6.92 Å². The molecule has 10 heavy (non-hydrogen) atoms. The number of carbonyl (C=O) groups is 1. The third-order valence-corrected chi connectivity index (χ3v) is 1.17. The molecule has 4 heteroatoms. The number of carbonyl (C=O) groups excluding carboxylic acids is 1. The molecule has 0 aliphatic carbocycles. The summed E-state index contributed by atoms with van der Waals surface area (Å²) >= 11 is 0. The maximum Gasteiger partial charge on any atom is 0.217 e. The van der Waals surface area contributed by atoms with E-state index in [2.05, 4.69) is 5.32 Å². The average Bonchev–Trinajstić information content (AvgIpc) is 1.86. The number of hydrogen-bond acceptors (Lipinski definition) is 3. The lowest BCUT2D eigenvalue weighted by Gasteiger charge is -2.13. The van der Waals surface area contributed by atoms with E-state index in [4.69, 9.17) is 10.8 Å². The number of rotatable bonds is 4. The van der Waals surface area contributed by atoms with Crippen LogP contribution in [0.2, 0.25) is 0 Å². The van der Waals surface area contributed by atoms with Crippen molar-refractivity contribution in [3.63, 3.8) is 0 Å². The minimum atomic E-state index is -0.107. The fraction of sp³-hybridized carbons (Fsp3) is 0.833. The van der Waals surface area contributed by atoms with Crippen molar-refractivity contribution in [2.45, 2.75) is 19.4 Å². The van der Waals surface area contributed by atoms with E-state index in [9.17, 15) is 4.79 Å². The van der Waals surface area contributed by atoms with E-state index in [1.54, 1.807) is 0 Å². The predicted octanol–water partition coefficient (Wildman–Crippen LogP) is -1.17. The second-order valence-corrected chi connectivity index (χ2v) is 2.15. The van der Waals surface area contributed by atoms with Crippen molar-refractivity contribution in [1.82, 2.24) is 5.32 Å². The highest BCUT2D eigenvalue weighted by Crippen LogP contribution is 1.86. The van der Waals surface area contributed by atoms with Gasteiger partial charge in [0.05, 0.1) is 0 Å². The first-order chi connectivity index (χ1) is 4.70. The highest BCUT2D eigenvalue weighted by molar-refractivity contribution is 5.73. The summed E-state index contributed by atoms with van der Waals surface area (Å²) in [5.41, 5.74) is 5.28. The number of nitrogens with one attached hydrogen (secondary N) is 1.